The number of hydrogen-bond acceptors (Lipinski definition) is 5. The highest BCUT2D eigenvalue weighted by molar-refractivity contribution is 6.08. The molecule has 0 saturated carbocycles. The molecular formula is C22H24N4O2. The second kappa shape index (κ2) is 7.86. The van der Waals surface area contributed by atoms with Gasteiger partial charge in [-0.3, -0.25) is 4.79 Å². The van der Waals surface area contributed by atoms with Crippen LogP contribution in [0.15, 0.2) is 59.1 Å². The molecule has 2 aromatic carbocycles. The van der Waals surface area contributed by atoms with Crippen molar-refractivity contribution < 1.29 is 9.32 Å². The molecule has 0 unspecified atom stereocenters. The van der Waals surface area contributed by atoms with Crippen LogP contribution in [-0.4, -0.2) is 49.2 Å². The van der Waals surface area contributed by atoms with E-state index in [1.54, 1.807) is 6.92 Å². The van der Waals surface area contributed by atoms with E-state index in [4.69, 9.17) is 4.52 Å². The summed E-state index contributed by atoms with van der Waals surface area (Å²) in [6.45, 7) is 5.91. The van der Waals surface area contributed by atoms with Gasteiger partial charge in [-0.15, -0.1) is 0 Å². The molecule has 144 valence electrons. The first kappa shape index (κ1) is 18.3. The lowest BCUT2D eigenvalue weighted by molar-refractivity contribution is 0.102. The highest BCUT2D eigenvalue weighted by atomic mass is 16.5. The fraction of sp³-hybridized carbons (Fsp3) is 0.273. The molecule has 3 aromatic rings. The average Bonchev–Trinajstić information content (AvgIpc) is 3.11. The topological polar surface area (TPSA) is 61.6 Å². The molecule has 1 aromatic heterocycles. The summed E-state index contributed by atoms with van der Waals surface area (Å²) in [6.07, 6.45) is 0. The maximum Gasteiger partial charge on any atom is 0.261 e. The number of hydrogen-bond donors (Lipinski definition) is 1. The van der Waals surface area contributed by atoms with Gasteiger partial charge >= 0.3 is 0 Å². The van der Waals surface area contributed by atoms with Gasteiger partial charge in [-0.2, -0.15) is 0 Å². The highest BCUT2D eigenvalue weighted by Gasteiger charge is 2.22. The van der Waals surface area contributed by atoms with Crippen LogP contribution in [0.3, 0.4) is 0 Å². The zero-order valence-electron chi connectivity index (χ0n) is 16.2. The van der Waals surface area contributed by atoms with E-state index in [-0.39, 0.29) is 5.91 Å². The molecule has 1 N–H and O–H groups in total. The fourth-order valence-corrected chi connectivity index (χ4v) is 3.45. The Morgan fingerprint density at radius 1 is 1.00 bits per heavy atom. The number of nitrogens with zero attached hydrogens (tertiary/aromatic N) is 3. The number of anilines is 2. The number of carbonyl (C=O) groups excluding carboxylic acids is 1. The van der Waals surface area contributed by atoms with E-state index >= 15 is 0 Å². The first-order valence-corrected chi connectivity index (χ1v) is 9.48. The number of likely N-dealkylation sites (N-methyl/N-ethyl adjacent to an activating group) is 1. The van der Waals surface area contributed by atoms with Crippen LogP contribution in [0.25, 0.3) is 11.3 Å². The number of benzene rings is 2. The lowest BCUT2D eigenvalue weighted by Gasteiger charge is -2.34. The number of aryl methyl sites for hydroxylation is 1. The van der Waals surface area contributed by atoms with E-state index in [1.165, 1.54) is 5.69 Å². The quantitative estimate of drug-likeness (QED) is 0.753. The largest absolute Gasteiger partial charge is 0.369 e. The van der Waals surface area contributed by atoms with Gasteiger partial charge in [0.05, 0.1) is 0 Å². The zero-order valence-corrected chi connectivity index (χ0v) is 16.2. The van der Waals surface area contributed by atoms with Gasteiger partial charge < -0.3 is 19.6 Å². The SMILES string of the molecule is Cc1onc(-c2ccccc2)c1C(=O)Nc1ccc(N2CCN(C)CC2)cc1. The van der Waals surface area contributed by atoms with E-state index in [2.05, 4.69) is 39.5 Å². The Morgan fingerprint density at radius 2 is 1.68 bits per heavy atom. The molecule has 0 bridgehead atoms. The van der Waals surface area contributed by atoms with Crippen LogP contribution in [0.5, 0.6) is 0 Å². The molecule has 0 radical (unpaired) electrons. The number of piperazine rings is 1. The van der Waals surface area contributed by atoms with Crippen LogP contribution in [0.1, 0.15) is 16.1 Å². The van der Waals surface area contributed by atoms with E-state index in [0.29, 0.717) is 17.0 Å². The fourth-order valence-electron chi connectivity index (χ4n) is 3.45. The standard InChI is InChI=1S/C22H24N4O2/c1-16-20(21(24-28-16)17-6-4-3-5-7-17)22(27)23-18-8-10-19(11-9-18)26-14-12-25(2)13-15-26/h3-11H,12-15H2,1-2H3,(H,23,27). The van der Waals surface area contributed by atoms with Crippen molar-refractivity contribution in [1.82, 2.24) is 10.1 Å². The van der Waals surface area contributed by atoms with Gasteiger partial charge in [0.25, 0.3) is 5.91 Å². The summed E-state index contributed by atoms with van der Waals surface area (Å²) in [5.74, 6) is 0.287. The van der Waals surface area contributed by atoms with Crippen molar-refractivity contribution >= 4 is 17.3 Å². The molecule has 1 amide bonds. The van der Waals surface area contributed by atoms with E-state index in [9.17, 15) is 4.79 Å². The van der Waals surface area contributed by atoms with Gasteiger partial charge in [0, 0.05) is 43.1 Å². The Balaban J connectivity index is 1.49. The summed E-state index contributed by atoms with van der Waals surface area (Å²) in [4.78, 5) is 17.6. The third kappa shape index (κ3) is 3.77. The number of amides is 1. The molecule has 0 aliphatic carbocycles. The van der Waals surface area contributed by atoms with E-state index < -0.39 is 0 Å². The van der Waals surface area contributed by atoms with Crippen LogP contribution < -0.4 is 10.2 Å². The summed E-state index contributed by atoms with van der Waals surface area (Å²) in [5.41, 5.74) is 3.81. The third-order valence-corrected chi connectivity index (χ3v) is 5.13. The minimum absolute atomic E-state index is 0.218. The van der Waals surface area contributed by atoms with Gasteiger partial charge in [0.2, 0.25) is 0 Å². The Hall–Kier alpha value is -3.12. The molecule has 6 nitrogen and oxygen atoms in total. The maximum absolute atomic E-state index is 12.9. The van der Waals surface area contributed by atoms with Gasteiger partial charge in [0.1, 0.15) is 17.0 Å². The van der Waals surface area contributed by atoms with Crippen LogP contribution in [0, 0.1) is 6.92 Å². The molecule has 0 atom stereocenters. The smallest absolute Gasteiger partial charge is 0.261 e. The van der Waals surface area contributed by atoms with Gasteiger partial charge in [-0.1, -0.05) is 35.5 Å². The molecule has 0 spiro atoms. The summed E-state index contributed by atoms with van der Waals surface area (Å²) < 4.78 is 5.29. The van der Waals surface area contributed by atoms with Crippen molar-refractivity contribution in [3.05, 3.63) is 65.9 Å². The monoisotopic (exact) mass is 376 g/mol. The Morgan fingerprint density at radius 3 is 2.36 bits per heavy atom. The maximum atomic E-state index is 12.9. The molecule has 28 heavy (non-hydrogen) atoms. The lowest BCUT2D eigenvalue weighted by atomic mass is 10.1. The van der Waals surface area contributed by atoms with Crippen LogP contribution >= 0.6 is 0 Å². The number of rotatable bonds is 4. The lowest BCUT2D eigenvalue weighted by Crippen LogP contribution is -2.44. The van der Waals surface area contributed by atoms with E-state index in [1.807, 2.05) is 42.5 Å². The predicted molar refractivity (Wildman–Crippen MR) is 111 cm³/mol. The number of nitrogens with one attached hydrogen (secondary N) is 1. The average molecular weight is 376 g/mol. The molecule has 4 rings (SSSR count). The van der Waals surface area contributed by atoms with Gasteiger partial charge in [-0.05, 0) is 38.2 Å². The van der Waals surface area contributed by atoms with Crippen LogP contribution in [0.2, 0.25) is 0 Å². The molecule has 1 fully saturated rings. The highest BCUT2D eigenvalue weighted by Crippen LogP contribution is 2.26. The van der Waals surface area contributed by atoms with Gasteiger partial charge in [0.15, 0.2) is 0 Å². The number of aromatic nitrogens is 1. The van der Waals surface area contributed by atoms with Crippen molar-refractivity contribution in [1.29, 1.82) is 0 Å². The Labute approximate surface area is 164 Å². The molecule has 1 aliphatic rings. The molecule has 1 saturated heterocycles. The minimum Gasteiger partial charge on any atom is -0.369 e. The van der Waals surface area contributed by atoms with Crippen LogP contribution in [0.4, 0.5) is 11.4 Å². The third-order valence-electron chi connectivity index (χ3n) is 5.13. The summed E-state index contributed by atoms with van der Waals surface area (Å²) >= 11 is 0. The van der Waals surface area contributed by atoms with Crippen molar-refractivity contribution in [2.24, 2.45) is 0 Å². The molecular weight excluding hydrogens is 352 g/mol. The Kier molecular flexibility index (Phi) is 5.12. The zero-order chi connectivity index (χ0) is 19.5. The van der Waals surface area contributed by atoms with Crippen molar-refractivity contribution in [2.75, 3.05) is 43.4 Å². The van der Waals surface area contributed by atoms with Crippen molar-refractivity contribution in [3.8, 4) is 11.3 Å². The van der Waals surface area contributed by atoms with E-state index in [0.717, 1.165) is 37.4 Å². The first-order chi connectivity index (χ1) is 13.6. The minimum atomic E-state index is -0.218. The molecule has 6 heteroatoms. The van der Waals surface area contributed by atoms with Crippen molar-refractivity contribution in [3.63, 3.8) is 0 Å². The first-order valence-electron chi connectivity index (χ1n) is 9.48. The van der Waals surface area contributed by atoms with Gasteiger partial charge in [-0.25, -0.2) is 0 Å². The molecule has 1 aliphatic heterocycles. The summed E-state index contributed by atoms with van der Waals surface area (Å²) in [5, 5.41) is 7.05. The predicted octanol–water partition coefficient (Wildman–Crippen LogP) is 3.65. The molecule has 2 heterocycles. The van der Waals surface area contributed by atoms with Crippen LogP contribution in [-0.2, 0) is 0 Å². The summed E-state index contributed by atoms with van der Waals surface area (Å²) in [7, 11) is 2.15. The summed E-state index contributed by atoms with van der Waals surface area (Å²) in [6, 6.07) is 17.6. The second-order valence-electron chi connectivity index (χ2n) is 7.12. The van der Waals surface area contributed by atoms with Crippen molar-refractivity contribution in [2.45, 2.75) is 6.92 Å². The second-order valence-corrected chi connectivity index (χ2v) is 7.12. The Bertz CT molecular complexity index is 942. The normalized spacial score (nSPS) is 14.9. The number of carbonyl (C=O) groups is 1.